The van der Waals surface area contributed by atoms with Crippen LogP contribution in [0.15, 0.2) is 30.3 Å². The molecule has 1 saturated heterocycles. The largest absolute Gasteiger partial charge is 0.312 e. The van der Waals surface area contributed by atoms with Crippen LogP contribution in [0.1, 0.15) is 26.7 Å². The lowest BCUT2D eigenvalue weighted by Crippen LogP contribution is -2.27. The van der Waals surface area contributed by atoms with Crippen molar-refractivity contribution in [3.63, 3.8) is 0 Å². The number of benzene rings is 1. The Hall–Kier alpha value is -1.64. The zero-order valence-electron chi connectivity index (χ0n) is 10.9. The number of amides is 1. The van der Waals surface area contributed by atoms with E-state index < -0.39 is 0 Å². The van der Waals surface area contributed by atoms with Crippen molar-refractivity contribution in [2.24, 2.45) is 11.8 Å². The van der Waals surface area contributed by atoms with Gasteiger partial charge in [-0.2, -0.15) is 0 Å². The molecule has 2 rings (SSSR count). The van der Waals surface area contributed by atoms with E-state index in [0.29, 0.717) is 13.0 Å². The third-order valence-electron chi connectivity index (χ3n) is 3.69. The Morgan fingerprint density at radius 3 is 2.67 bits per heavy atom. The standard InChI is InChI=1S/C15H19NO2/c1-3-11(2)15(18)12-9-14(17)16(10-12)13-7-5-4-6-8-13/h4-8,11-12H,3,9-10H2,1-2H3. The number of carbonyl (C=O) groups is 2. The van der Waals surface area contributed by atoms with E-state index in [1.807, 2.05) is 44.2 Å². The van der Waals surface area contributed by atoms with Crippen molar-refractivity contribution in [2.45, 2.75) is 26.7 Å². The number of ketones is 1. The number of rotatable bonds is 4. The first-order valence-electron chi connectivity index (χ1n) is 6.52. The molecule has 0 saturated carbocycles. The Balaban J connectivity index is 2.10. The molecule has 0 aromatic heterocycles. The van der Waals surface area contributed by atoms with Crippen molar-refractivity contribution in [3.8, 4) is 0 Å². The van der Waals surface area contributed by atoms with Gasteiger partial charge in [-0.1, -0.05) is 32.0 Å². The summed E-state index contributed by atoms with van der Waals surface area (Å²) in [6.07, 6.45) is 1.20. The molecule has 1 aliphatic rings. The minimum atomic E-state index is -0.132. The number of carbonyl (C=O) groups excluding carboxylic acids is 2. The molecule has 18 heavy (non-hydrogen) atoms. The van der Waals surface area contributed by atoms with E-state index >= 15 is 0 Å². The van der Waals surface area contributed by atoms with Gasteiger partial charge in [-0.05, 0) is 18.6 Å². The molecule has 0 radical (unpaired) electrons. The molecule has 1 aromatic rings. The van der Waals surface area contributed by atoms with E-state index in [9.17, 15) is 9.59 Å². The van der Waals surface area contributed by atoms with Crippen LogP contribution in [-0.4, -0.2) is 18.2 Å². The molecule has 1 aromatic carbocycles. The first-order valence-corrected chi connectivity index (χ1v) is 6.52. The number of Topliss-reactive ketones (excluding diaryl/α,β-unsaturated/α-hetero) is 1. The topological polar surface area (TPSA) is 37.4 Å². The lowest BCUT2D eigenvalue weighted by molar-refractivity contribution is -0.127. The van der Waals surface area contributed by atoms with Gasteiger partial charge < -0.3 is 4.90 Å². The van der Waals surface area contributed by atoms with Gasteiger partial charge in [-0.3, -0.25) is 9.59 Å². The molecule has 96 valence electrons. The van der Waals surface area contributed by atoms with E-state index in [4.69, 9.17) is 0 Å². The molecule has 0 spiro atoms. The van der Waals surface area contributed by atoms with Crippen molar-refractivity contribution >= 4 is 17.4 Å². The molecular weight excluding hydrogens is 226 g/mol. The van der Waals surface area contributed by atoms with E-state index in [2.05, 4.69) is 0 Å². The average Bonchev–Trinajstić information content (AvgIpc) is 2.80. The Bertz CT molecular complexity index is 441. The van der Waals surface area contributed by atoms with Gasteiger partial charge in [0.2, 0.25) is 5.91 Å². The highest BCUT2D eigenvalue weighted by Crippen LogP contribution is 2.27. The maximum atomic E-state index is 12.1. The second-order valence-corrected chi connectivity index (χ2v) is 4.95. The Kier molecular flexibility index (Phi) is 3.80. The Morgan fingerprint density at radius 2 is 2.06 bits per heavy atom. The number of hydrogen-bond donors (Lipinski definition) is 0. The van der Waals surface area contributed by atoms with Crippen LogP contribution in [-0.2, 0) is 9.59 Å². The fourth-order valence-electron chi connectivity index (χ4n) is 2.36. The summed E-state index contributed by atoms with van der Waals surface area (Å²) in [6, 6.07) is 9.56. The van der Waals surface area contributed by atoms with Gasteiger partial charge >= 0.3 is 0 Å². The summed E-state index contributed by atoms with van der Waals surface area (Å²) in [6.45, 7) is 4.48. The van der Waals surface area contributed by atoms with E-state index in [1.54, 1.807) is 4.90 Å². The zero-order chi connectivity index (χ0) is 13.1. The summed E-state index contributed by atoms with van der Waals surface area (Å²) in [4.78, 5) is 25.8. The number of nitrogens with zero attached hydrogens (tertiary/aromatic N) is 1. The van der Waals surface area contributed by atoms with Gasteiger partial charge in [0, 0.05) is 30.5 Å². The highest BCUT2D eigenvalue weighted by Gasteiger charge is 2.36. The predicted octanol–water partition coefficient (Wildman–Crippen LogP) is 2.65. The van der Waals surface area contributed by atoms with Crippen LogP contribution in [0, 0.1) is 11.8 Å². The lowest BCUT2D eigenvalue weighted by atomic mass is 9.92. The van der Waals surface area contributed by atoms with Crippen LogP contribution >= 0.6 is 0 Å². The van der Waals surface area contributed by atoms with Gasteiger partial charge in [0.05, 0.1) is 0 Å². The number of hydrogen-bond acceptors (Lipinski definition) is 2. The van der Waals surface area contributed by atoms with Gasteiger partial charge in [0.15, 0.2) is 0 Å². The molecule has 0 bridgehead atoms. The quantitative estimate of drug-likeness (QED) is 0.817. The normalized spacial score (nSPS) is 21.1. The van der Waals surface area contributed by atoms with Crippen LogP contribution in [0.25, 0.3) is 0 Å². The smallest absolute Gasteiger partial charge is 0.227 e. The van der Waals surface area contributed by atoms with Crippen LogP contribution in [0.5, 0.6) is 0 Å². The van der Waals surface area contributed by atoms with Gasteiger partial charge in [0.25, 0.3) is 0 Å². The van der Waals surface area contributed by atoms with Crippen LogP contribution in [0.3, 0.4) is 0 Å². The van der Waals surface area contributed by atoms with E-state index in [-0.39, 0.29) is 23.5 Å². The summed E-state index contributed by atoms with van der Waals surface area (Å²) >= 11 is 0. The number of para-hydroxylation sites is 1. The Morgan fingerprint density at radius 1 is 1.39 bits per heavy atom. The Labute approximate surface area is 108 Å². The molecular formula is C15H19NO2. The second-order valence-electron chi connectivity index (χ2n) is 4.95. The molecule has 2 unspecified atom stereocenters. The second kappa shape index (κ2) is 5.34. The van der Waals surface area contributed by atoms with Crippen molar-refractivity contribution < 1.29 is 9.59 Å². The summed E-state index contributed by atoms with van der Waals surface area (Å²) in [5, 5.41) is 0. The molecule has 1 heterocycles. The summed E-state index contributed by atoms with van der Waals surface area (Å²) in [7, 11) is 0. The molecule has 0 aliphatic carbocycles. The van der Waals surface area contributed by atoms with Crippen LogP contribution < -0.4 is 4.90 Å². The molecule has 0 N–H and O–H groups in total. The maximum Gasteiger partial charge on any atom is 0.227 e. The zero-order valence-corrected chi connectivity index (χ0v) is 10.9. The molecule has 1 amide bonds. The van der Waals surface area contributed by atoms with Gasteiger partial charge in [-0.15, -0.1) is 0 Å². The molecule has 1 fully saturated rings. The maximum absolute atomic E-state index is 12.1. The third-order valence-corrected chi connectivity index (χ3v) is 3.69. The summed E-state index contributed by atoms with van der Waals surface area (Å²) in [5.74, 6) is 0.207. The van der Waals surface area contributed by atoms with Crippen molar-refractivity contribution in [3.05, 3.63) is 30.3 Å². The SMILES string of the molecule is CCC(C)C(=O)C1CC(=O)N(c2ccccc2)C1. The van der Waals surface area contributed by atoms with E-state index in [0.717, 1.165) is 12.1 Å². The van der Waals surface area contributed by atoms with Gasteiger partial charge in [0.1, 0.15) is 5.78 Å². The van der Waals surface area contributed by atoms with E-state index in [1.165, 1.54) is 0 Å². The van der Waals surface area contributed by atoms with Crippen LogP contribution in [0.4, 0.5) is 5.69 Å². The van der Waals surface area contributed by atoms with Gasteiger partial charge in [-0.25, -0.2) is 0 Å². The lowest BCUT2D eigenvalue weighted by Gasteiger charge is -2.17. The van der Waals surface area contributed by atoms with Crippen LogP contribution in [0.2, 0.25) is 0 Å². The fourth-order valence-corrected chi connectivity index (χ4v) is 2.36. The average molecular weight is 245 g/mol. The summed E-state index contributed by atoms with van der Waals surface area (Å²) < 4.78 is 0. The molecule has 3 nitrogen and oxygen atoms in total. The minimum absolute atomic E-state index is 0.0542. The fraction of sp³-hybridized carbons (Fsp3) is 0.467. The molecule has 1 aliphatic heterocycles. The monoisotopic (exact) mass is 245 g/mol. The third kappa shape index (κ3) is 2.45. The highest BCUT2D eigenvalue weighted by molar-refractivity contribution is 6.01. The first kappa shape index (κ1) is 12.8. The predicted molar refractivity (Wildman–Crippen MR) is 71.4 cm³/mol. The number of anilines is 1. The molecule has 3 heteroatoms. The van der Waals surface area contributed by atoms with Crippen molar-refractivity contribution in [1.82, 2.24) is 0 Å². The first-order chi connectivity index (χ1) is 8.63. The highest BCUT2D eigenvalue weighted by atomic mass is 16.2. The molecule has 2 atom stereocenters. The van der Waals surface area contributed by atoms with Crippen molar-refractivity contribution in [1.29, 1.82) is 0 Å². The van der Waals surface area contributed by atoms with Crippen molar-refractivity contribution in [2.75, 3.05) is 11.4 Å². The summed E-state index contributed by atoms with van der Waals surface area (Å²) in [5.41, 5.74) is 0.891. The minimum Gasteiger partial charge on any atom is -0.312 e.